The molecule has 1 aliphatic heterocycles. The summed E-state index contributed by atoms with van der Waals surface area (Å²) in [6.07, 6.45) is -0.491. The molecular formula is C26H36ClIN2O3. The van der Waals surface area contributed by atoms with Gasteiger partial charge in [0.2, 0.25) is 0 Å². The topological polar surface area (TPSA) is 54.0 Å². The van der Waals surface area contributed by atoms with Gasteiger partial charge in [-0.2, -0.15) is 0 Å². The monoisotopic (exact) mass is 582 g/mol. The number of hydrogen-bond acceptors (Lipinski definition) is 5. The maximum atomic E-state index is 10.3. The Morgan fingerprint density at radius 3 is 2.36 bits per heavy atom. The average Bonchev–Trinajstić information content (AvgIpc) is 2.82. The number of benzene rings is 2. The van der Waals surface area contributed by atoms with Crippen molar-refractivity contribution >= 4 is 34.2 Å². The number of piperazine rings is 1. The fourth-order valence-corrected chi connectivity index (χ4v) is 4.61. The molecular weight excluding hydrogens is 547 g/mol. The van der Waals surface area contributed by atoms with Gasteiger partial charge in [-0.15, -0.1) is 11.6 Å². The second-order valence-electron chi connectivity index (χ2n) is 9.38. The lowest BCUT2D eigenvalue weighted by Gasteiger charge is -2.29. The number of hydrogen-bond donors (Lipinski definition) is 2. The third kappa shape index (κ3) is 7.72. The zero-order chi connectivity index (χ0) is 23.8. The molecule has 1 fully saturated rings. The smallest absolute Gasteiger partial charge is 0.132 e. The molecule has 1 heterocycles. The third-order valence-electron chi connectivity index (χ3n) is 6.14. The minimum Gasteiger partial charge on any atom is -0.492 e. The standard InChI is InChI=1S/C26H36ClIN2O3/c1-19(15-27)17-33-25-9-6-21(14-24(25)28)26(2,3)20-4-7-23(8-5-20)32-18-22(31)16-30-12-10-29-11-13-30/h4-9,14,19,22,29,31H,10-13,15-18H2,1-3H3/t19-,22+/m1/s1/i28-4. The number of nitrogens with one attached hydrogen (secondary N) is 1. The molecule has 33 heavy (non-hydrogen) atoms. The predicted molar refractivity (Wildman–Crippen MR) is 144 cm³/mol. The van der Waals surface area contributed by atoms with Crippen molar-refractivity contribution < 1.29 is 14.6 Å². The maximum absolute atomic E-state index is 10.3. The first kappa shape index (κ1) is 26.5. The van der Waals surface area contributed by atoms with E-state index in [1.54, 1.807) is 0 Å². The van der Waals surface area contributed by atoms with E-state index in [1.807, 2.05) is 12.1 Å². The zero-order valence-electron chi connectivity index (χ0n) is 19.8. The predicted octanol–water partition coefficient (Wildman–Crippen LogP) is 4.52. The van der Waals surface area contributed by atoms with Gasteiger partial charge in [-0.25, -0.2) is 0 Å². The molecule has 5 nitrogen and oxygen atoms in total. The van der Waals surface area contributed by atoms with Crippen LogP contribution in [0.15, 0.2) is 42.5 Å². The molecule has 2 atom stereocenters. The van der Waals surface area contributed by atoms with E-state index in [1.165, 1.54) is 11.1 Å². The molecule has 2 N–H and O–H groups in total. The molecule has 0 radical (unpaired) electrons. The van der Waals surface area contributed by atoms with Crippen LogP contribution in [-0.4, -0.2) is 67.9 Å². The van der Waals surface area contributed by atoms with Gasteiger partial charge in [-0.1, -0.05) is 39.0 Å². The molecule has 3 rings (SSSR count). The Hall–Kier alpha value is -1.06. The highest BCUT2D eigenvalue weighted by Crippen LogP contribution is 2.35. The van der Waals surface area contributed by atoms with Gasteiger partial charge in [-0.3, -0.25) is 4.90 Å². The SMILES string of the molecule is C[C@H](CCl)COc1ccc(C(C)(C)c2ccc(OC[C@@H](O)CN3CCNCC3)cc2)cc1[123I]. The van der Waals surface area contributed by atoms with Gasteiger partial charge >= 0.3 is 0 Å². The number of aliphatic hydroxyl groups excluding tert-OH is 1. The van der Waals surface area contributed by atoms with Crippen molar-refractivity contribution in [2.45, 2.75) is 32.3 Å². The number of ether oxygens (including phenoxy) is 2. The Balaban J connectivity index is 1.57. The van der Waals surface area contributed by atoms with Crippen molar-refractivity contribution in [1.29, 1.82) is 0 Å². The number of aliphatic hydroxyl groups is 1. The second kappa shape index (κ2) is 12.6. The van der Waals surface area contributed by atoms with Gasteiger partial charge in [0, 0.05) is 49.9 Å². The van der Waals surface area contributed by atoms with Gasteiger partial charge in [-0.05, 0) is 58.0 Å². The van der Waals surface area contributed by atoms with Crippen LogP contribution in [0.3, 0.4) is 0 Å². The van der Waals surface area contributed by atoms with E-state index < -0.39 is 6.10 Å². The van der Waals surface area contributed by atoms with E-state index in [0.717, 1.165) is 41.2 Å². The lowest BCUT2D eigenvalue weighted by Crippen LogP contribution is -2.47. The Kier molecular flexibility index (Phi) is 10.1. The number of β-amino-alcohol motifs (C(OH)–C–C–N with tert-alkyl or cyclic N) is 1. The molecule has 0 amide bonds. The van der Waals surface area contributed by atoms with E-state index in [4.69, 9.17) is 21.1 Å². The first-order chi connectivity index (χ1) is 15.8. The molecule has 0 aliphatic carbocycles. The summed E-state index contributed by atoms with van der Waals surface area (Å²) in [5.74, 6) is 2.59. The number of rotatable bonds is 11. The van der Waals surface area contributed by atoms with Crippen molar-refractivity contribution in [1.82, 2.24) is 10.2 Å². The van der Waals surface area contributed by atoms with Gasteiger partial charge < -0.3 is 19.9 Å². The van der Waals surface area contributed by atoms with Gasteiger partial charge in [0.05, 0.1) is 10.2 Å². The van der Waals surface area contributed by atoms with Gasteiger partial charge in [0.25, 0.3) is 0 Å². The maximum Gasteiger partial charge on any atom is 0.132 e. The summed E-state index contributed by atoms with van der Waals surface area (Å²) in [6, 6.07) is 14.6. The third-order valence-corrected chi connectivity index (χ3v) is 7.51. The van der Waals surface area contributed by atoms with Crippen LogP contribution >= 0.6 is 34.2 Å². The summed E-state index contributed by atoms with van der Waals surface area (Å²) in [4.78, 5) is 2.27. The summed E-state index contributed by atoms with van der Waals surface area (Å²) < 4.78 is 12.9. The van der Waals surface area contributed by atoms with Crippen LogP contribution in [0, 0.1) is 9.49 Å². The molecule has 2 aromatic rings. The second-order valence-corrected chi connectivity index (χ2v) is 10.9. The van der Waals surface area contributed by atoms with Crippen LogP contribution in [0.25, 0.3) is 0 Å². The van der Waals surface area contributed by atoms with Crippen LogP contribution < -0.4 is 14.8 Å². The summed E-state index contributed by atoms with van der Waals surface area (Å²) in [5.41, 5.74) is 2.27. The Bertz CT molecular complexity index is 872. The molecule has 182 valence electrons. The number of nitrogens with zero attached hydrogens (tertiary/aromatic N) is 1. The normalized spacial score (nSPS) is 16.9. The van der Waals surface area contributed by atoms with E-state index >= 15 is 0 Å². The van der Waals surface area contributed by atoms with Crippen molar-refractivity contribution in [3.05, 3.63) is 57.2 Å². The highest BCUT2D eigenvalue weighted by atomic mass is 123. The molecule has 0 saturated carbocycles. The Morgan fingerprint density at radius 1 is 1.06 bits per heavy atom. The minimum absolute atomic E-state index is 0.164. The van der Waals surface area contributed by atoms with Crippen molar-refractivity contribution in [2.75, 3.05) is 51.8 Å². The van der Waals surface area contributed by atoms with E-state index in [2.05, 4.69) is 83.9 Å². The van der Waals surface area contributed by atoms with E-state index in [-0.39, 0.29) is 5.41 Å². The van der Waals surface area contributed by atoms with Crippen molar-refractivity contribution in [2.24, 2.45) is 5.92 Å². The fourth-order valence-electron chi connectivity index (χ4n) is 3.85. The summed E-state index contributed by atoms with van der Waals surface area (Å²) in [7, 11) is 0. The summed E-state index contributed by atoms with van der Waals surface area (Å²) in [6.45, 7) is 12.0. The van der Waals surface area contributed by atoms with E-state index in [0.29, 0.717) is 31.6 Å². The Labute approximate surface area is 216 Å². The number of alkyl halides is 1. The number of halogens is 2. The van der Waals surface area contributed by atoms with Crippen molar-refractivity contribution in [3.8, 4) is 11.5 Å². The molecule has 0 aromatic heterocycles. The summed E-state index contributed by atoms with van der Waals surface area (Å²) >= 11 is 8.23. The molecule has 1 aliphatic rings. The largest absolute Gasteiger partial charge is 0.492 e. The lowest BCUT2D eigenvalue weighted by molar-refractivity contribution is 0.0641. The molecule has 0 bridgehead atoms. The molecule has 1 saturated heterocycles. The molecule has 7 heteroatoms. The average molecular weight is 583 g/mol. The zero-order valence-corrected chi connectivity index (χ0v) is 22.7. The van der Waals surface area contributed by atoms with Crippen molar-refractivity contribution in [3.63, 3.8) is 0 Å². The highest BCUT2D eigenvalue weighted by Gasteiger charge is 2.24. The van der Waals surface area contributed by atoms with Gasteiger partial charge in [0.15, 0.2) is 0 Å². The minimum atomic E-state index is -0.491. The Morgan fingerprint density at radius 2 is 1.73 bits per heavy atom. The first-order valence-electron chi connectivity index (χ1n) is 11.6. The highest BCUT2D eigenvalue weighted by molar-refractivity contribution is 14.1. The quantitative estimate of drug-likeness (QED) is 0.302. The van der Waals surface area contributed by atoms with Crippen LogP contribution in [-0.2, 0) is 5.41 Å². The van der Waals surface area contributed by atoms with Crippen LogP contribution in [0.1, 0.15) is 31.9 Å². The van der Waals surface area contributed by atoms with E-state index in [9.17, 15) is 5.11 Å². The molecule has 2 aromatic carbocycles. The fraction of sp³-hybridized carbons (Fsp3) is 0.538. The summed E-state index contributed by atoms with van der Waals surface area (Å²) in [5, 5.41) is 13.6. The lowest BCUT2D eigenvalue weighted by atomic mass is 9.78. The van der Waals surface area contributed by atoms with Crippen LogP contribution in [0.2, 0.25) is 0 Å². The van der Waals surface area contributed by atoms with Crippen LogP contribution in [0.4, 0.5) is 0 Å². The van der Waals surface area contributed by atoms with Gasteiger partial charge in [0.1, 0.15) is 24.2 Å². The van der Waals surface area contributed by atoms with Crippen LogP contribution in [0.5, 0.6) is 11.5 Å². The first-order valence-corrected chi connectivity index (χ1v) is 13.2. The molecule has 0 spiro atoms. The molecule has 0 unspecified atom stereocenters.